The van der Waals surface area contributed by atoms with Gasteiger partial charge in [-0.3, -0.25) is 0 Å². The van der Waals surface area contributed by atoms with Gasteiger partial charge in [-0.1, -0.05) is 18.2 Å². The average molecular weight is 331 g/mol. The average Bonchev–Trinajstić information content (AvgIpc) is 2.48. The first-order chi connectivity index (χ1) is 9.72. The monoisotopic (exact) mass is 330 g/mol. The van der Waals surface area contributed by atoms with Crippen LogP contribution in [0.1, 0.15) is 35.2 Å². The largest absolute Gasteiger partial charge is 0.366 e. The molecule has 0 amide bonds. The van der Waals surface area contributed by atoms with Crippen LogP contribution in [0, 0.1) is 6.92 Å². The molecular formula is C17H19BrN2. The molecule has 0 unspecified atom stereocenters. The van der Waals surface area contributed by atoms with Crippen molar-refractivity contribution in [1.82, 2.24) is 4.98 Å². The Morgan fingerprint density at radius 1 is 1.10 bits per heavy atom. The number of hydrogen-bond acceptors (Lipinski definition) is 2. The lowest BCUT2D eigenvalue weighted by Crippen LogP contribution is -2.06. The summed E-state index contributed by atoms with van der Waals surface area (Å²) in [6, 6.07) is 10.9. The van der Waals surface area contributed by atoms with Crippen LogP contribution < -0.4 is 5.32 Å². The van der Waals surface area contributed by atoms with E-state index >= 15 is 0 Å². The number of hydrogen-bond donors (Lipinski definition) is 1. The summed E-state index contributed by atoms with van der Waals surface area (Å²) in [5, 5.41) is 3.40. The third-order valence-electron chi connectivity index (χ3n) is 3.91. The molecule has 20 heavy (non-hydrogen) atoms. The second kappa shape index (κ2) is 5.96. The number of halogens is 1. The lowest BCUT2D eigenvalue weighted by atomic mass is 9.90. The Morgan fingerprint density at radius 3 is 2.70 bits per heavy atom. The van der Waals surface area contributed by atoms with Gasteiger partial charge in [-0.15, -0.1) is 0 Å². The zero-order valence-electron chi connectivity index (χ0n) is 11.7. The van der Waals surface area contributed by atoms with Gasteiger partial charge in [0, 0.05) is 11.0 Å². The van der Waals surface area contributed by atoms with Crippen LogP contribution in [0.5, 0.6) is 0 Å². The minimum atomic E-state index is 0.835. The highest BCUT2D eigenvalue weighted by molar-refractivity contribution is 9.10. The Bertz CT molecular complexity index is 622. The summed E-state index contributed by atoms with van der Waals surface area (Å²) in [6.07, 6.45) is 5.15. The molecule has 0 saturated heterocycles. The number of nitrogens with zero attached hydrogens (tertiary/aromatic N) is 1. The number of anilines is 1. The van der Waals surface area contributed by atoms with Gasteiger partial charge < -0.3 is 5.32 Å². The summed E-state index contributed by atoms with van der Waals surface area (Å²) in [6.45, 7) is 2.84. The van der Waals surface area contributed by atoms with E-state index in [9.17, 15) is 0 Å². The third kappa shape index (κ3) is 3.04. The van der Waals surface area contributed by atoms with Crippen LogP contribution in [-0.2, 0) is 19.4 Å². The number of aromatic nitrogens is 1. The first kappa shape index (κ1) is 13.6. The normalized spacial score (nSPS) is 13.9. The van der Waals surface area contributed by atoms with Crippen molar-refractivity contribution >= 4 is 21.7 Å². The van der Waals surface area contributed by atoms with E-state index in [1.165, 1.54) is 42.4 Å². The topological polar surface area (TPSA) is 24.9 Å². The van der Waals surface area contributed by atoms with Gasteiger partial charge in [-0.05, 0) is 77.4 Å². The quantitative estimate of drug-likeness (QED) is 0.886. The van der Waals surface area contributed by atoms with Crippen LogP contribution in [0.25, 0.3) is 0 Å². The highest BCUT2D eigenvalue weighted by Crippen LogP contribution is 2.23. The smallest absolute Gasteiger partial charge is 0.126 e. The van der Waals surface area contributed by atoms with Crippen LogP contribution in [0.4, 0.5) is 5.82 Å². The second-order valence-corrected chi connectivity index (χ2v) is 6.28. The van der Waals surface area contributed by atoms with E-state index in [0.717, 1.165) is 22.5 Å². The van der Waals surface area contributed by atoms with E-state index in [0.29, 0.717) is 0 Å². The van der Waals surface area contributed by atoms with E-state index in [2.05, 4.69) is 44.4 Å². The lowest BCUT2D eigenvalue weighted by Gasteiger charge is -2.17. The lowest BCUT2D eigenvalue weighted by molar-refractivity contribution is 0.684. The van der Waals surface area contributed by atoms with Gasteiger partial charge >= 0.3 is 0 Å². The molecule has 2 nitrogen and oxygen atoms in total. The summed E-state index contributed by atoms with van der Waals surface area (Å²) < 4.78 is 1.05. The zero-order chi connectivity index (χ0) is 13.9. The van der Waals surface area contributed by atoms with Crippen molar-refractivity contribution < 1.29 is 0 Å². The van der Waals surface area contributed by atoms with Crippen molar-refractivity contribution in [2.45, 2.75) is 39.2 Å². The molecule has 1 heterocycles. The van der Waals surface area contributed by atoms with Crippen LogP contribution >= 0.6 is 15.9 Å². The predicted molar refractivity (Wildman–Crippen MR) is 87.1 cm³/mol. The van der Waals surface area contributed by atoms with E-state index in [-0.39, 0.29) is 0 Å². The van der Waals surface area contributed by atoms with Gasteiger partial charge in [-0.25, -0.2) is 4.98 Å². The Kier molecular flexibility index (Phi) is 4.06. The zero-order valence-corrected chi connectivity index (χ0v) is 13.3. The molecule has 1 N–H and O–H groups in total. The first-order valence-electron chi connectivity index (χ1n) is 7.20. The maximum atomic E-state index is 4.52. The fourth-order valence-corrected chi connectivity index (χ4v) is 2.95. The molecule has 0 fully saturated rings. The molecule has 3 heteroatoms. The van der Waals surface area contributed by atoms with E-state index in [1.807, 2.05) is 19.1 Å². The molecule has 3 rings (SSSR count). The van der Waals surface area contributed by atoms with Gasteiger partial charge in [0.2, 0.25) is 0 Å². The van der Waals surface area contributed by atoms with Crippen molar-refractivity contribution in [3.8, 4) is 0 Å². The van der Waals surface area contributed by atoms with E-state index in [1.54, 1.807) is 0 Å². The van der Waals surface area contributed by atoms with Crippen molar-refractivity contribution in [3.05, 3.63) is 57.2 Å². The fraction of sp³-hybridized carbons (Fsp3) is 0.353. The summed E-state index contributed by atoms with van der Waals surface area (Å²) in [4.78, 5) is 4.52. The van der Waals surface area contributed by atoms with Gasteiger partial charge in [-0.2, -0.15) is 0 Å². The molecule has 1 aliphatic carbocycles. The SMILES string of the molecule is Cc1nc(NCc2ccc3c(c2)CCCC3)ccc1Br. The molecule has 1 aliphatic rings. The molecule has 0 atom stereocenters. The summed E-state index contributed by atoms with van der Waals surface area (Å²) in [5.41, 5.74) is 5.43. The first-order valence-corrected chi connectivity index (χ1v) is 7.99. The van der Waals surface area contributed by atoms with Crippen LogP contribution in [0.15, 0.2) is 34.8 Å². The molecule has 0 spiro atoms. The van der Waals surface area contributed by atoms with Crippen molar-refractivity contribution in [1.29, 1.82) is 0 Å². The van der Waals surface area contributed by atoms with Gasteiger partial charge in [0.05, 0.1) is 5.69 Å². The fourth-order valence-electron chi connectivity index (χ4n) is 2.73. The van der Waals surface area contributed by atoms with Crippen LogP contribution in [0.3, 0.4) is 0 Å². The van der Waals surface area contributed by atoms with Gasteiger partial charge in [0.1, 0.15) is 5.82 Å². The highest BCUT2D eigenvalue weighted by Gasteiger charge is 2.09. The Balaban J connectivity index is 1.70. The van der Waals surface area contributed by atoms with Crippen molar-refractivity contribution in [3.63, 3.8) is 0 Å². The molecular weight excluding hydrogens is 312 g/mol. The second-order valence-electron chi connectivity index (χ2n) is 5.43. The van der Waals surface area contributed by atoms with Crippen molar-refractivity contribution in [2.24, 2.45) is 0 Å². The predicted octanol–water partition coefficient (Wildman–Crippen LogP) is 4.64. The molecule has 104 valence electrons. The van der Waals surface area contributed by atoms with Crippen LogP contribution in [-0.4, -0.2) is 4.98 Å². The summed E-state index contributed by atoms with van der Waals surface area (Å²) in [7, 11) is 0. The Hall–Kier alpha value is -1.35. The molecule has 1 aromatic heterocycles. The van der Waals surface area contributed by atoms with E-state index in [4.69, 9.17) is 0 Å². The number of nitrogens with one attached hydrogen (secondary N) is 1. The maximum absolute atomic E-state index is 4.52. The summed E-state index contributed by atoms with van der Waals surface area (Å²) in [5.74, 6) is 0.934. The molecule has 0 aliphatic heterocycles. The minimum absolute atomic E-state index is 0.835. The van der Waals surface area contributed by atoms with E-state index < -0.39 is 0 Å². The van der Waals surface area contributed by atoms with Gasteiger partial charge in [0.15, 0.2) is 0 Å². The van der Waals surface area contributed by atoms with Crippen LogP contribution in [0.2, 0.25) is 0 Å². The Labute approximate surface area is 128 Å². The number of pyridine rings is 1. The number of aryl methyl sites for hydroxylation is 3. The summed E-state index contributed by atoms with van der Waals surface area (Å²) >= 11 is 3.48. The minimum Gasteiger partial charge on any atom is -0.366 e. The Morgan fingerprint density at radius 2 is 1.90 bits per heavy atom. The molecule has 2 aromatic rings. The molecule has 0 saturated carbocycles. The molecule has 0 bridgehead atoms. The highest BCUT2D eigenvalue weighted by atomic mass is 79.9. The molecule has 0 radical (unpaired) electrons. The van der Waals surface area contributed by atoms with Crippen molar-refractivity contribution in [2.75, 3.05) is 5.32 Å². The number of rotatable bonds is 3. The van der Waals surface area contributed by atoms with Gasteiger partial charge in [0.25, 0.3) is 0 Å². The number of fused-ring (bicyclic) bond motifs is 1. The maximum Gasteiger partial charge on any atom is 0.126 e. The standard InChI is InChI=1S/C17H19BrN2/c1-12-16(18)8-9-17(20-12)19-11-13-6-7-14-4-2-3-5-15(14)10-13/h6-10H,2-5,11H2,1H3,(H,19,20). The molecule has 1 aromatic carbocycles. The third-order valence-corrected chi connectivity index (χ3v) is 4.75. The number of benzene rings is 1.